The third kappa shape index (κ3) is 3.74. The molecular formula is C14H19NO3. The summed E-state index contributed by atoms with van der Waals surface area (Å²) in [7, 11) is 0. The Morgan fingerprint density at radius 3 is 2.78 bits per heavy atom. The van der Waals surface area contributed by atoms with E-state index in [-0.39, 0.29) is 6.61 Å². The van der Waals surface area contributed by atoms with E-state index in [1.165, 1.54) is 25.7 Å². The Morgan fingerprint density at radius 2 is 2.06 bits per heavy atom. The number of benzene rings is 1. The summed E-state index contributed by atoms with van der Waals surface area (Å²) in [4.78, 5) is 10.5. The summed E-state index contributed by atoms with van der Waals surface area (Å²) >= 11 is 0. The van der Waals surface area contributed by atoms with E-state index in [1.54, 1.807) is 0 Å². The van der Waals surface area contributed by atoms with Crippen LogP contribution < -0.4 is 10.1 Å². The summed E-state index contributed by atoms with van der Waals surface area (Å²) < 4.78 is 5.27. The third-order valence-corrected chi connectivity index (χ3v) is 3.26. The maximum absolute atomic E-state index is 10.5. The van der Waals surface area contributed by atoms with E-state index in [4.69, 9.17) is 9.84 Å². The van der Waals surface area contributed by atoms with Gasteiger partial charge in [-0.05, 0) is 18.9 Å². The predicted octanol–water partition coefficient (Wildman–Crippen LogP) is 2.18. The van der Waals surface area contributed by atoms with Crippen LogP contribution in [0.1, 0.15) is 31.2 Å². The summed E-state index contributed by atoms with van der Waals surface area (Å²) in [5.74, 6) is -0.293. The Morgan fingerprint density at radius 1 is 1.33 bits per heavy atom. The normalized spacial score (nSPS) is 15.8. The first-order valence-corrected chi connectivity index (χ1v) is 6.41. The van der Waals surface area contributed by atoms with Crippen LogP contribution in [0.4, 0.5) is 0 Å². The number of carboxylic acid groups (broad SMARTS) is 1. The molecule has 0 saturated heterocycles. The van der Waals surface area contributed by atoms with Crippen molar-refractivity contribution in [3.63, 3.8) is 0 Å². The van der Waals surface area contributed by atoms with Crippen LogP contribution >= 0.6 is 0 Å². The van der Waals surface area contributed by atoms with Gasteiger partial charge in [0.25, 0.3) is 0 Å². The Hall–Kier alpha value is -1.55. The minimum absolute atomic E-state index is 0.291. The van der Waals surface area contributed by atoms with Crippen molar-refractivity contribution in [3.05, 3.63) is 29.8 Å². The van der Waals surface area contributed by atoms with Crippen molar-refractivity contribution in [2.75, 3.05) is 6.61 Å². The molecule has 1 aliphatic carbocycles. The highest BCUT2D eigenvalue weighted by Crippen LogP contribution is 2.21. The number of nitrogens with one attached hydrogen (secondary N) is 1. The molecule has 0 atom stereocenters. The van der Waals surface area contributed by atoms with Crippen molar-refractivity contribution in [1.82, 2.24) is 5.32 Å². The number of ether oxygens (including phenoxy) is 1. The van der Waals surface area contributed by atoms with Gasteiger partial charge in [0.1, 0.15) is 5.75 Å². The van der Waals surface area contributed by atoms with Crippen molar-refractivity contribution < 1.29 is 14.6 Å². The van der Waals surface area contributed by atoms with E-state index in [0.717, 1.165) is 12.1 Å². The van der Waals surface area contributed by atoms with Gasteiger partial charge in [-0.1, -0.05) is 31.0 Å². The van der Waals surface area contributed by atoms with Gasteiger partial charge in [0, 0.05) is 18.2 Å². The average Bonchev–Trinajstić information content (AvgIpc) is 2.88. The lowest BCUT2D eigenvalue weighted by molar-refractivity contribution is -0.139. The number of rotatable bonds is 6. The standard InChI is InChI=1S/C14H19NO3/c16-14(17)10-18-13-8-4-1-5-11(13)9-15-12-6-2-3-7-12/h1,4-5,8,12,15H,2-3,6-7,9-10H2,(H,16,17). The van der Waals surface area contributed by atoms with Crippen molar-refractivity contribution in [2.24, 2.45) is 0 Å². The number of aliphatic carboxylic acids is 1. The molecule has 2 N–H and O–H groups in total. The Balaban J connectivity index is 1.91. The third-order valence-electron chi connectivity index (χ3n) is 3.26. The molecule has 0 heterocycles. The van der Waals surface area contributed by atoms with Gasteiger partial charge in [-0.25, -0.2) is 4.79 Å². The summed E-state index contributed by atoms with van der Waals surface area (Å²) in [6.07, 6.45) is 5.07. The molecule has 98 valence electrons. The van der Waals surface area contributed by atoms with Gasteiger partial charge in [0.15, 0.2) is 6.61 Å². The first kappa shape index (κ1) is 12.9. The summed E-state index contributed by atoms with van der Waals surface area (Å²) in [6.45, 7) is 0.445. The molecule has 0 radical (unpaired) electrons. The van der Waals surface area contributed by atoms with Crippen LogP contribution in [0.15, 0.2) is 24.3 Å². The molecule has 2 rings (SSSR count). The van der Waals surface area contributed by atoms with Gasteiger partial charge in [-0.3, -0.25) is 0 Å². The molecule has 4 heteroatoms. The Kier molecular flexibility index (Phi) is 4.59. The zero-order valence-corrected chi connectivity index (χ0v) is 10.4. The largest absolute Gasteiger partial charge is 0.482 e. The molecule has 4 nitrogen and oxygen atoms in total. The van der Waals surface area contributed by atoms with E-state index in [1.807, 2.05) is 24.3 Å². The number of hydrogen-bond acceptors (Lipinski definition) is 3. The fourth-order valence-corrected chi connectivity index (χ4v) is 2.31. The van der Waals surface area contributed by atoms with E-state index in [2.05, 4.69) is 5.32 Å². The molecule has 0 spiro atoms. The van der Waals surface area contributed by atoms with Crippen molar-refractivity contribution in [1.29, 1.82) is 0 Å². The molecule has 1 aromatic carbocycles. The van der Waals surface area contributed by atoms with E-state index < -0.39 is 5.97 Å². The molecule has 0 aromatic heterocycles. The highest BCUT2D eigenvalue weighted by atomic mass is 16.5. The molecular weight excluding hydrogens is 230 g/mol. The fraction of sp³-hybridized carbons (Fsp3) is 0.500. The SMILES string of the molecule is O=C(O)COc1ccccc1CNC1CCCC1. The van der Waals surface area contributed by atoms with Gasteiger partial charge >= 0.3 is 5.97 Å². The Bertz CT molecular complexity index is 400. The van der Waals surface area contributed by atoms with Crippen LogP contribution in [0, 0.1) is 0 Å². The zero-order chi connectivity index (χ0) is 12.8. The number of carbonyl (C=O) groups is 1. The molecule has 18 heavy (non-hydrogen) atoms. The van der Waals surface area contributed by atoms with Crippen LogP contribution in [0.2, 0.25) is 0 Å². The van der Waals surface area contributed by atoms with Crippen LogP contribution in [0.3, 0.4) is 0 Å². The second-order valence-corrected chi connectivity index (χ2v) is 4.65. The minimum Gasteiger partial charge on any atom is -0.482 e. The van der Waals surface area contributed by atoms with Crippen LogP contribution in [-0.4, -0.2) is 23.7 Å². The van der Waals surface area contributed by atoms with Crippen LogP contribution in [0.25, 0.3) is 0 Å². The van der Waals surface area contributed by atoms with Gasteiger partial charge in [-0.15, -0.1) is 0 Å². The van der Waals surface area contributed by atoms with Crippen LogP contribution in [0.5, 0.6) is 5.75 Å². The number of para-hydroxylation sites is 1. The molecule has 0 unspecified atom stereocenters. The summed E-state index contributed by atoms with van der Waals surface area (Å²) in [6, 6.07) is 8.18. The monoisotopic (exact) mass is 249 g/mol. The van der Waals surface area contributed by atoms with Crippen molar-refractivity contribution >= 4 is 5.97 Å². The lowest BCUT2D eigenvalue weighted by atomic mass is 10.1. The molecule has 0 aliphatic heterocycles. The average molecular weight is 249 g/mol. The van der Waals surface area contributed by atoms with Crippen LogP contribution in [-0.2, 0) is 11.3 Å². The molecule has 1 fully saturated rings. The van der Waals surface area contributed by atoms with E-state index >= 15 is 0 Å². The number of hydrogen-bond donors (Lipinski definition) is 2. The summed E-state index contributed by atoms with van der Waals surface area (Å²) in [5.41, 5.74) is 1.02. The first-order valence-electron chi connectivity index (χ1n) is 6.41. The van der Waals surface area contributed by atoms with Gasteiger partial charge in [-0.2, -0.15) is 0 Å². The Labute approximate surface area is 107 Å². The molecule has 0 bridgehead atoms. The van der Waals surface area contributed by atoms with E-state index in [0.29, 0.717) is 11.8 Å². The molecule has 1 aromatic rings. The smallest absolute Gasteiger partial charge is 0.341 e. The zero-order valence-electron chi connectivity index (χ0n) is 10.4. The lowest BCUT2D eigenvalue weighted by Gasteiger charge is -2.14. The van der Waals surface area contributed by atoms with Gasteiger partial charge in [0.2, 0.25) is 0 Å². The highest BCUT2D eigenvalue weighted by Gasteiger charge is 2.14. The van der Waals surface area contributed by atoms with Crippen molar-refractivity contribution in [3.8, 4) is 5.75 Å². The van der Waals surface area contributed by atoms with Gasteiger partial charge < -0.3 is 15.2 Å². The fourth-order valence-electron chi connectivity index (χ4n) is 2.31. The molecule has 0 amide bonds. The maximum Gasteiger partial charge on any atom is 0.341 e. The molecule has 1 saturated carbocycles. The second kappa shape index (κ2) is 6.40. The first-order chi connectivity index (χ1) is 8.75. The lowest BCUT2D eigenvalue weighted by Crippen LogP contribution is -2.25. The minimum atomic E-state index is -0.950. The maximum atomic E-state index is 10.5. The van der Waals surface area contributed by atoms with Crippen molar-refractivity contribution in [2.45, 2.75) is 38.3 Å². The number of carboxylic acids is 1. The predicted molar refractivity (Wildman–Crippen MR) is 68.7 cm³/mol. The molecule has 1 aliphatic rings. The second-order valence-electron chi connectivity index (χ2n) is 4.65. The highest BCUT2D eigenvalue weighted by molar-refractivity contribution is 5.68. The topological polar surface area (TPSA) is 58.6 Å². The van der Waals surface area contributed by atoms with Gasteiger partial charge in [0.05, 0.1) is 0 Å². The van der Waals surface area contributed by atoms with E-state index in [9.17, 15) is 4.79 Å². The quantitative estimate of drug-likeness (QED) is 0.811. The summed E-state index contributed by atoms with van der Waals surface area (Å²) in [5, 5.41) is 12.1.